The molecule has 0 radical (unpaired) electrons. The first-order valence-electron chi connectivity index (χ1n) is 8.28. The lowest BCUT2D eigenvalue weighted by molar-refractivity contribution is -0.132. The van der Waals surface area contributed by atoms with Gasteiger partial charge in [0.1, 0.15) is 0 Å². The zero-order valence-corrected chi connectivity index (χ0v) is 13.9. The molecular formula is C18H23N5O. The molecule has 0 aliphatic carbocycles. The number of para-hydroxylation sites is 1. The fourth-order valence-corrected chi connectivity index (χ4v) is 2.83. The minimum absolute atomic E-state index is 0.00802. The Morgan fingerprint density at radius 1 is 1.00 bits per heavy atom. The Bertz CT molecular complexity index is 578. The van der Waals surface area contributed by atoms with Crippen LogP contribution in [0.15, 0.2) is 30.3 Å². The van der Waals surface area contributed by atoms with Crippen molar-refractivity contribution in [2.24, 2.45) is 0 Å². The van der Waals surface area contributed by atoms with E-state index in [0.29, 0.717) is 32.5 Å². The third kappa shape index (κ3) is 5.26. The quantitative estimate of drug-likeness (QED) is 0.759. The van der Waals surface area contributed by atoms with Crippen LogP contribution in [0.25, 0.3) is 0 Å². The molecular weight excluding hydrogens is 302 g/mol. The number of nitrogens with zero attached hydrogens (tertiary/aromatic N) is 5. The number of amides is 1. The molecule has 0 N–H and O–H groups in total. The van der Waals surface area contributed by atoms with Gasteiger partial charge in [0.15, 0.2) is 0 Å². The highest BCUT2D eigenvalue weighted by Crippen LogP contribution is 2.15. The molecule has 0 unspecified atom stereocenters. The Kier molecular flexibility index (Phi) is 7.07. The minimum Gasteiger partial charge on any atom is -0.369 e. The standard InChI is InChI=1S/C18H23N5O/c19-8-4-10-23(11-5-9-20)18(24)16-21-12-14-22(15-13-21)17-6-2-1-3-7-17/h1-3,6-7H,4-5,10-16H2. The van der Waals surface area contributed by atoms with Crippen LogP contribution >= 0.6 is 0 Å². The molecule has 0 aromatic heterocycles. The summed E-state index contributed by atoms with van der Waals surface area (Å²) in [5.41, 5.74) is 1.22. The molecule has 2 rings (SSSR count). The number of rotatable bonds is 7. The molecule has 0 bridgehead atoms. The summed E-state index contributed by atoms with van der Waals surface area (Å²) in [5, 5.41) is 17.4. The molecule has 6 nitrogen and oxygen atoms in total. The van der Waals surface area contributed by atoms with Crippen molar-refractivity contribution in [3.8, 4) is 12.1 Å². The number of benzene rings is 1. The Morgan fingerprint density at radius 3 is 2.12 bits per heavy atom. The van der Waals surface area contributed by atoms with Crippen molar-refractivity contribution in [3.05, 3.63) is 30.3 Å². The second kappa shape index (κ2) is 9.54. The maximum Gasteiger partial charge on any atom is 0.236 e. The molecule has 1 amide bonds. The van der Waals surface area contributed by atoms with Gasteiger partial charge in [-0.05, 0) is 12.1 Å². The number of anilines is 1. The number of piperazine rings is 1. The Hall–Kier alpha value is -2.57. The summed E-state index contributed by atoms with van der Waals surface area (Å²) in [4.78, 5) is 18.5. The van der Waals surface area contributed by atoms with Crippen LogP contribution in [0.4, 0.5) is 5.69 Å². The smallest absolute Gasteiger partial charge is 0.236 e. The van der Waals surface area contributed by atoms with E-state index in [-0.39, 0.29) is 5.91 Å². The lowest BCUT2D eigenvalue weighted by Crippen LogP contribution is -2.50. The van der Waals surface area contributed by atoms with Gasteiger partial charge >= 0.3 is 0 Å². The predicted molar refractivity (Wildman–Crippen MR) is 92.1 cm³/mol. The van der Waals surface area contributed by atoms with Gasteiger partial charge in [-0.25, -0.2) is 0 Å². The highest BCUT2D eigenvalue weighted by Gasteiger charge is 2.21. The van der Waals surface area contributed by atoms with Gasteiger partial charge in [-0.15, -0.1) is 0 Å². The second-order valence-corrected chi connectivity index (χ2v) is 5.80. The maximum absolute atomic E-state index is 12.4. The van der Waals surface area contributed by atoms with Crippen molar-refractivity contribution in [1.29, 1.82) is 10.5 Å². The topological polar surface area (TPSA) is 74.4 Å². The Labute approximate surface area is 143 Å². The highest BCUT2D eigenvalue weighted by atomic mass is 16.2. The van der Waals surface area contributed by atoms with Crippen LogP contribution in [0, 0.1) is 22.7 Å². The van der Waals surface area contributed by atoms with Gasteiger partial charge in [-0.2, -0.15) is 10.5 Å². The summed E-state index contributed by atoms with van der Waals surface area (Å²) < 4.78 is 0. The van der Waals surface area contributed by atoms with E-state index >= 15 is 0 Å². The molecule has 0 atom stereocenters. The predicted octanol–water partition coefficient (Wildman–Crippen LogP) is 1.46. The van der Waals surface area contributed by atoms with Crippen molar-refractivity contribution >= 4 is 11.6 Å². The SMILES string of the molecule is N#CCCN(CCC#N)C(=O)CN1CCN(c2ccccc2)CC1. The lowest BCUT2D eigenvalue weighted by atomic mass is 10.2. The van der Waals surface area contributed by atoms with E-state index in [1.165, 1.54) is 5.69 Å². The summed E-state index contributed by atoms with van der Waals surface area (Å²) in [6.07, 6.45) is 0.609. The summed E-state index contributed by atoms with van der Waals surface area (Å²) in [7, 11) is 0. The van der Waals surface area contributed by atoms with Gasteiger partial charge < -0.3 is 9.80 Å². The van der Waals surface area contributed by atoms with Crippen LogP contribution in [0.2, 0.25) is 0 Å². The van der Waals surface area contributed by atoms with Crippen molar-refractivity contribution in [1.82, 2.24) is 9.80 Å². The third-order valence-corrected chi connectivity index (χ3v) is 4.19. The maximum atomic E-state index is 12.4. The van der Waals surface area contributed by atoms with E-state index in [0.717, 1.165) is 26.2 Å². The summed E-state index contributed by atoms with van der Waals surface area (Å²) in [5.74, 6) is 0.00802. The summed E-state index contributed by atoms with van der Waals surface area (Å²) in [6.45, 7) is 4.64. The first-order chi connectivity index (χ1) is 11.7. The van der Waals surface area contributed by atoms with Crippen LogP contribution in [0.1, 0.15) is 12.8 Å². The highest BCUT2D eigenvalue weighted by molar-refractivity contribution is 5.78. The van der Waals surface area contributed by atoms with E-state index in [4.69, 9.17) is 10.5 Å². The number of carbonyl (C=O) groups is 1. The monoisotopic (exact) mass is 325 g/mol. The molecule has 1 heterocycles. The van der Waals surface area contributed by atoms with Crippen LogP contribution in [0.5, 0.6) is 0 Å². The third-order valence-electron chi connectivity index (χ3n) is 4.19. The van der Waals surface area contributed by atoms with Crippen LogP contribution < -0.4 is 4.90 Å². The van der Waals surface area contributed by atoms with Crippen LogP contribution in [-0.2, 0) is 4.79 Å². The van der Waals surface area contributed by atoms with E-state index in [1.54, 1.807) is 4.90 Å². The molecule has 1 aliphatic rings. The zero-order valence-electron chi connectivity index (χ0n) is 13.9. The number of hydrogen-bond donors (Lipinski definition) is 0. The average molecular weight is 325 g/mol. The Balaban J connectivity index is 1.82. The normalized spacial score (nSPS) is 14.7. The molecule has 126 valence electrons. The van der Waals surface area contributed by atoms with E-state index in [9.17, 15) is 4.79 Å². The minimum atomic E-state index is 0.00802. The first-order valence-corrected chi connectivity index (χ1v) is 8.28. The largest absolute Gasteiger partial charge is 0.369 e. The Morgan fingerprint density at radius 2 is 1.58 bits per heavy atom. The van der Waals surface area contributed by atoms with Crippen molar-refractivity contribution in [3.63, 3.8) is 0 Å². The van der Waals surface area contributed by atoms with E-state index in [2.05, 4.69) is 34.1 Å². The molecule has 1 fully saturated rings. The number of nitriles is 2. The molecule has 24 heavy (non-hydrogen) atoms. The van der Waals surface area contributed by atoms with Gasteiger partial charge in [0.05, 0.1) is 31.5 Å². The molecule has 1 aromatic carbocycles. The number of carbonyl (C=O) groups excluding carboxylic acids is 1. The van der Waals surface area contributed by atoms with Crippen molar-refractivity contribution < 1.29 is 4.79 Å². The average Bonchev–Trinajstić information content (AvgIpc) is 2.63. The van der Waals surface area contributed by atoms with E-state index in [1.807, 2.05) is 18.2 Å². The van der Waals surface area contributed by atoms with Crippen molar-refractivity contribution in [2.75, 3.05) is 50.7 Å². The molecule has 1 aromatic rings. The van der Waals surface area contributed by atoms with Gasteiger partial charge in [-0.3, -0.25) is 9.69 Å². The summed E-state index contributed by atoms with van der Waals surface area (Å²) >= 11 is 0. The molecule has 0 spiro atoms. The van der Waals surface area contributed by atoms with Crippen LogP contribution in [0.3, 0.4) is 0 Å². The van der Waals surface area contributed by atoms with Gasteiger partial charge in [0, 0.05) is 45.0 Å². The van der Waals surface area contributed by atoms with Gasteiger partial charge in [-0.1, -0.05) is 18.2 Å². The first kappa shape index (κ1) is 17.8. The molecule has 6 heteroatoms. The summed E-state index contributed by atoms with van der Waals surface area (Å²) in [6, 6.07) is 14.4. The second-order valence-electron chi connectivity index (χ2n) is 5.80. The van der Waals surface area contributed by atoms with E-state index < -0.39 is 0 Å². The molecule has 0 saturated carbocycles. The molecule has 1 aliphatic heterocycles. The fraction of sp³-hybridized carbons (Fsp3) is 0.500. The van der Waals surface area contributed by atoms with Crippen molar-refractivity contribution in [2.45, 2.75) is 12.8 Å². The van der Waals surface area contributed by atoms with Crippen LogP contribution in [-0.4, -0.2) is 61.5 Å². The zero-order chi connectivity index (χ0) is 17.2. The molecule has 1 saturated heterocycles. The lowest BCUT2D eigenvalue weighted by Gasteiger charge is -2.36. The fourth-order valence-electron chi connectivity index (χ4n) is 2.83. The number of hydrogen-bond acceptors (Lipinski definition) is 5. The van der Waals surface area contributed by atoms with Gasteiger partial charge in [0.2, 0.25) is 5.91 Å². The van der Waals surface area contributed by atoms with Gasteiger partial charge in [0.25, 0.3) is 0 Å².